The summed E-state index contributed by atoms with van der Waals surface area (Å²) in [5, 5.41) is 1.84. The van der Waals surface area contributed by atoms with Gasteiger partial charge in [-0.15, -0.1) is 11.3 Å². The number of nitrogens with zero attached hydrogens (tertiary/aromatic N) is 3. The zero-order valence-electron chi connectivity index (χ0n) is 12.0. The topological polar surface area (TPSA) is 72.4 Å². The lowest BCUT2D eigenvalue weighted by atomic mass is 10.1. The predicted molar refractivity (Wildman–Crippen MR) is 84.6 cm³/mol. The molecule has 0 N–H and O–H groups in total. The van der Waals surface area contributed by atoms with Crippen LogP contribution in [0.1, 0.15) is 25.7 Å². The fourth-order valence-corrected chi connectivity index (χ4v) is 5.44. The highest BCUT2D eigenvalue weighted by atomic mass is 32.2. The van der Waals surface area contributed by atoms with Crippen LogP contribution in [-0.4, -0.2) is 47.1 Å². The molecule has 1 saturated carbocycles. The van der Waals surface area contributed by atoms with Crippen LogP contribution in [0.2, 0.25) is 0 Å². The Morgan fingerprint density at radius 3 is 2.68 bits per heavy atom. The number of hydrogen-bond donors (Lipinski definition) is 0. The average molecular weight is 339 g/mol. The second-order valence-corrected chi connectivity index (χ2v) is 8.90. The largest absolute Gasteiger partial charge is 0.473 e. The minimum absolute atomic E-state index is 0.0193. The van der Waals surface area contributed by atoms with E-state index < -0.39 is 10.0 Å². The van der Waals surface area contributed by atoms with Crippen molar-refractivity contribution < 1.29 is 13.2 Å². The van der Waals surface area contributed by atoms with E-state index in [0.717, 1.165) is 23.1 Å². The molecule has 1 aliphatic carbocycles. The molecule has 2 aliphatic rings. The van der Waals surface area contributed by atoms with Crippen molar-refractivity contribution in [2.24, 2.45) is 0 Å². The van der Waals surface area contributed by atoms with Gasteiger partial charge in [0.2, 0.25) is 15.9 Å². The Balaban J connectivity index is 1.43. The van der Waals surface area contributed by atoms with Gasteiger partial charge in [0.25, 0.3) is 0 Å². The zero-order chi connectivity index (χ0) is 15.2. The van der Waals surface area contributed by atoms with Gasteiger partial charge in [-0.05, 0) is 37.1 Å². The predicted octanol–water partition coefficient (Wildman–Crippen LogP) is 2.03. The van der Waals surface area contributed by atoms with Crippen LogP contribution in [0.5, 0.6) is 5.88 Å². The molecule has 4 rings (SSSR count). The molecule has 1 aliphatic heterocycles. The Labute approximate surface area is 133 Å². The van der Waals surface area contributed by atoms with Crippen LogP contribution in [0, 0.1) is 0 Å². The number of rotatable bonds is 4. The third kappa shape index (κ3) is 2.59. The lowest BCUT2D eigenvalue weighted by Gasteiger charge is -2.31. The molecule has 0 spiro atoms. The van der Waals surface area contributed by atoms with Crippen molar-refractivity contribution >= 4 is 31.6 Å². The van der Waals surface area contributed by atoms with Gasteiger partial charge in [-0.3, -0.25) is 0 Å². The molecule has 2 fully saturated rings. The zero-order valence-corrected chi connectivity index (χ0v) is 13.6. The molecule has 3 heterocycles. The van der Waals surface area contributed by atoms with Gasteiger partial charge in [0, 0.05) is 13.1 Å². The van der Waals surface area contributed by atoms with Gasteiger partial charge >= 0.3 is 0 Å². The van der Waals surface area contributed by atoms with Gasteiger partial charge in [0.15, 0.2) is 0 Å². The van der Waals surface area contributed by atoms with Gasteiger partial charge in [-0.2, -0.15) is 0 Å². The van der Waals surface area contributed by atoms with Crippen LogP contribution in [0.3, 0.4) is 0 Å². The molecule has 8 heteroatoms. The number of piperidine rings is 1. The van der Waals surface area contributed by atoms with Crippen molar-refractivity contribution in [3.05, 3.63) is 17.8 Å². The standard InChI is InChI=1S/C14H17N3O3S2/c18-22(19,11-1-2-11)17-6-3-10(4-7-17)20-14-13-12(5-8-21-13)15-9-16-14/h5,8-11H,1-4,6-7H2. The number of thiophene rings is 1. The molecule has 22 heavy (non-hydrogen) atoms. The minimum Gasteiger partial charge on any atom is -0.473 e. The fourth-order valence-electron chi connectivity index (χ4n) is 2.79. The average Bonchev–Trinajstić information content (AvgIpc) is 3.27. The van der Waals surface area contributed by atoms with Crippen molar-refractivity contribution in [2.45, 2.75) is 37.0 Å². The second-order valence-electron chi connectivity index (χ2n) is 5.77. The third-order valence-corrected chi connectivity index (χ3v) is 7.49. The highest BCUT2D eigenvalue weighted by Crippen LogP contribution is 2.33. The minimum atomic E-state index is -3.06. The van der Waals surface area contributed by atoms with E-state index >= 15 is 0 Å². The summed E-state index contributed by atoms with van der Waals surface area (Å²) in [6, 6.07) is 1.94. The van der Waals surface area contributed by atoms with Crippen molar-refractivity contribution in [1.29, 1.82) is 0 Å². The Kier molecular flexibility index (Phi) is 3.54. The highest BCUT2D eigenvalue weighted by molar-refractivity contribution is 7.90. The number of fused-ring (bicyclic) bond motifs is 1. The summed E-state index contributed by atoms with van der Waals surface area (Å²) in [7, 11) is -3.06. The second kappa shape index (κ2) is 5.43. The molecule has 0 radical (unpaired) electrons. The first kappa shape index (κ1) is 14.3. The number of sulfonamides is 1. The Morgan fingerprint density at radius 2 is 1.95 bits per heavy atom. The van der Waals surface area contributed by atoms with E-state index in [4.69, 9.17) is 4.74 Å². The molecular weight excluding hydrogens is 322 g/mol. The van der Waals surface area contributed by atoms with E-state index in [1.165, 1.54) is 6.33 Å². The first-order valence-corrected chi connectivity index (χ1v) is 9.87. The molecule has 0 bridgehead atoms. The molecule has 2 aromatic heterocycles. The normalized spacial score (nSPS) is 21.3. The summed E-state index contributed by atoms with van der Waals surface area (Å²) in [4.78, 5) is 8.42. The van der Waals surface area contributed by atoms with E-state index in [2.05, 4.69) is 9.97 Å². The molecule has 1 saturated heterocycles. The Morgan fingerprint density at radius 1 is 1.18 bits per heavy atom. The van der Waals surface area contributed by atoms with Crippen molar-refractivity contribution in [1.82, 2.24) is 14.3 Å². The van der Waals surface area contributed by atoms with Crippen molar-refractivity contribution in [3.8, 4) is 5.88 Å². The lowest BCUT2D eigenvalue weighted by molar-refractivity contribution is 0.132. The summed E-state index contributed by atoms with van der Waals surface area (Å²) in [5.74, 6) is 0.614. The van der Waals surface area contributed by atoms with Gasteiger partial charge in [-0.25, -0.2) is 22.7 Å². The summed E-state index contributed by atoms with van der Waals surface area (Å²) in [6.07, 6.45) is 4.58. The smallest absolute Gasteiger partial charge is 0.235 e. The van der Waals surface area contributed by atoms with Crippen LogP contribution in [0.15, 0.2) is 17.8 Å². The van der Waals surface area contributed by atoms with E-state index in [0.29, 0.717) is 31.8 Å². The van der Waals surface area contributed by atoms with Crippen LogP contribution in [-0.2, 0) is 10.0 Å². The monoisotopic (exact) mass is 339 g/mol. The summed E-state index contributed by atoms with van der Waals surface area (Å²) >= 11 is 1.56. The molecular formula is C14H17N3O3S2. The molecule has 0 unspecified atom stereocenters. The molecule has 0 amide bonds. The molecule has 0 aromatic carbocycles. The first-order chi connectivity index (χ1) is 10.6. The van der Waals surface area contributed by atoms with Crippen LogP contribution < -0.4 is 4.74 Å². The van der Waals surface area contributed by atoms with Crippen molar-refractivity contribution in [2.75, 3.05) is 13.1 Å². The van der Waals surface area contributed by atoms with Crippen LogP contribution in [0.25, 0.3) is 10.2 Å². The number of ether oxygens (including phenoxy) is 1. The van der Waals surface area contributed by atoms with E-state index in [1.807, 2.05) is 11.4 Å². The van der Waals surface area contributed by atoms with Gasteiger partial charge in [-0.1, -0.05) is 0 Å². The molecule has 2 aromatic rings. The van der Waals surface area contributed by atoms with Gasteiger partial charge in [0.05, 0.1) is 10.8 Å². The number of aromatic nitrogens is 2. The maximum Gasteiger partial charge on any atom is 0.235 e. The van der Waals surface area contributed by atoms with E-state index in [9.17, 15) is 8.42 Å². The van der Waals surface area contributed by atoms with Crippen LogP contribution >= 0.6 is 11.3 Å². The summed E-state index contributed by atoms with van der Waals surface area (Å²) in [6.45, 7) is 1.09. The Bertz CT molecular complexity index is 777. The SMILES string of the molecule is O=S(=O)(C1CC1)N1CCC(Oc2ncnc3ccsc23)CC1. The fraction of sp³-hybridized carbons (Fsp3) is 0.571. The molecule has 6 nitrogen and oxygen atoms in total. The maximum absolute atomic E-state index is 12.2. The van der Waals surface area contributed by atoms with Gasteiger partial charge in [0.1, 0.15) is 17.1 Å². The summed E-state index contributed by atoms with van der Waals surface area (Å²) < 4.78 is 33.0. The van der Waals surface area contributed by atoms with E-state index in [1.54, 1.807) is 15.6 Å². The third-order valence-electron chi connectivity index (χ3n) is 4.20. The maximum atomic E-state index is 12.2. The van der Waals surface area contributed by atoms with Crippen LogP contribution in [0.4, 0.5) is 0 Å². The highest BCUT2D eigenvalue weighted by Gasteiger charge is 2.41. The lowest BCUT2D eigenvalue weighted by Crippen LogP contribution is -2.43. The molecule has 0 atom stereocenters. The number of hydrogen-bond acceptors (Lipinski definition) is 6. The Hall–Kier alpha value is -1.25. The van der Waals surface area contributed by atoms with Crippen molar-refractivity contribution in [3.63, 3.8) is 0 Å². The van der Waals surface area contributed by atoms with Gasteiger partial charge < -0.3 is 4.74 Å². The molecule has 118 valence electrons. The van der Waals surface area contributed by atoms with E-state index in [-0.39, 0.29) is 11.4 Å². The summed E-state index contributed by atoms with van der Waals surface area (Å²) in [5.41, 5.74) is 0.892. The quantitative estimate of drug-likeness (QED) is 0.852. The first-order valence-electron chi connectivity index (χ1n) is 7.48.